The number of ether oxygens (including phenoxy) is 1. The molecule has 7 heteroatoms. The second-order valence-corrected chi connectivity index (χ2v) is 3.13. The Kier molecular flexibility index (Phi) is 3.87. The molecule has 4 N–H and O–H groups in total. The summed E-state index contributed by atoms with van der Waals surface area (Å²) in [5.41, 5.74) is 6.49. The number of nitrogens with zero attached hydrogens (tertiary/aromatic N) is 1. The van der Waals surface area contributed by atoms with Gasteiger partial charge in [0, 0.05) is 0 Å². The van der Waals surface area contributed by atoms with Gasteiger partial charge in [-0.3, -0.25) is 14.7 Å². The van der Waals surface area contributed by atoms with Crippen molar-refractivity contribution in [3.8, 4) is 0 Å². The Morgan fingerprint density at radius 3 is 2.75 bits per heavy atom. The highest BCUT2D eigenvalue weighted by atomic mass is 16.5. The number of rotatable bonds is 4. The molecule has 1 heterocycles. The third-order valence-electron chi connectivity index (χ3n) is 1.85. The summed E-state index contributed by atoms with van der Waals surface area (Å²) < 4.78 is 4.64. The van der Waals surface area contributed by atoms with E-state index in [0.29, 0.717) is 11.4 Å². The summed E-state index contributed by atoms with van der Waals surface area (Å²) in [6, 6.07) is 0. The molecule has 0 fully saturated rings. The maximum Gasteiger partial charge on any atom is 0.315 e. The van der Waals surface area contributed by atoms with Crippen LogP contribution in [0.4, 0.5) is 11.5 Å². The molecule has 1 rings (SSSR count). The van der Waals surface area contributed by atoms with E-state index in [-0.39, 0.29) is 18.8 Å². The third kappa shape index (κ3) is 2.97. The third-order valence-corrected chi connectivity index (χ3v) is 1.85. The molecule has 0 spiro atoms. The molecule has 16 heavy (non-hydrogen) atoms. The minimum absolute atomic E-state index is 0.249. The lowest BCUT2D eigenvalue weighted by molar-refractivity contribution is -0.145. The first kappa shape index (κ1) is 12.0. The van der Waals surface area contributed by atoms with E-state index < -0.39 is 11.9 Å². The van der Waals surface area contributed by atoms with Crippen molar-refractivity contribution in [3.05, 3.63) is 5.69 Å². The standard InChI is InChI=1S/C9H14N4O3/c1-3-16-7(15)4-6(14)11-8-5(2)12-13-9(8)10/h3-4H2,1-2H3,(H,11,14)(H3,10,12,13). The first-order chi connectivity index (χ1) is 7.54. The number of aromatic amines is 1. The van der Waals surface area contributed by atoms with Crippen LogP contribution < -0.4 is 11.1 Å². The van der Waals surface area contributed by atoms with Crippen LogP contribution in [-0.2, 0) is 14.3 Å². The van der Waals surface area contributed by atoms with Crippen molar-refractivity contribution < 1.29 is 14.3 Å². The zero-order chi connectivity index (χ0) is 12.1. The maximum absolute atomic E-state index is 11.4. The number of nitrogen functional groups attached to an aromatic ring is 1. The fraction of sp³-hybridized carbons (Fsp3) is 0.444. The van der Waals surface area contributed by atoms with Crippen LogP contribution in [0.25, 0.3) is 0 Å². The van der Waals surface area contributed by atoms with Gasteiger partial charge in [0.2, 0.25) is 5.91 Å². The van der Waals surface area contributed by atoms with Crippen molar-refractivity contribution in [2.24, 2.45) is 0 Å². The number of nitrogens with one attached hydrogen (secondary N) is 2. The van der Waals surface area contributed by atoms with Gasteiger partial charge in [0.05, 0.1) is 12.3 Å². The van der Waals surface area contributed by atoms with Crippen molar-refractivity contribution in [2.45, 2.75) is 20.3 Å². The largest absolute Gasteiger partial charge is 0.466 e. The average Bonchev–Trinajstić information content (AvgIpc) is 2.49. The summed E-state index contributed by atoms with van der Waals surface area (Å²) in [7, 11) is 0. The molecule has 0 saturated heterocycles. The van der Waals surface area contributed by atoms with Crippen LogP contribution in [0.15, 0.2) is 0 Å². The second kappa shape index (κ2) is 5.15. The Bertz CT molecular complexity index is 380. The predicted octanol–water partition coefficient (Wildman–Crippen LogP) is 0.192. The van der Waals surface area contributed by atoms with Gasteiger partial charge in [0.15, 0.2) is 0 Å². The van der Waals surface area contributed by atoms with Crippen LogP contribution in [0, 0.1) is 6.92 Å². The molecule has 0 aromatic carbocycles. The zero-order valence-electron chi connectivity index (χ0n) is 9.16. The number of carbonyl (C=O) groups is 2. The number of aromatic nitrogens is 2. The van der Waals surface area contributed by atoms with Gasteiger partial charge in [-0.1, -0.05) is 0 Å². The molecule has 1 aromatic heterocycles. The average molecular weight is 226 g/mol. The van der Waals surface area contributed by atoms with E-state index in [4.69, 9.17) is 5.73 Å². The normalized spacial score (nSPS) is 9.88. The molecule has 0 radical (unpaired) electrons. The van der Waals surface area contributed by atoms with E-state index >= 15 is 0 Å². The van der Waals surface area contributed by atoms with E-state index in [9.17, 15) is 9.59 Å². The number of H-pyrrole nitrogens is 1. The minimum atomic E-state index is -0.570. The molecule has 0 bridgehead atoms. The molecule has 88 valence electrons. The first-order valence-electron chi connectivity index (χ1n) is 4.80. The summed E-state index contributed by atoms with van der Waals surface area (Å²) in [6.45, 7) is 3.61. The molecule has 0 unspecified atom stereocenters. The Morgan fingerprint density at radius 1 is 1.56 bits per heavy atom. The molecular weight excluding hydrogens is 212 g/mol. The monoisotopic (exact) mass is 226 g/mol. The Balaban J connectivity index is 2.55. The summed E-state index contributed by atoms with van der Waals surface area (Å²) >= 11 is 0. The Labute approximate surface area is 92.3 Å². The van der Waals surface area contributed by atoms with E-state index in [1.165, 1.54) is 0 Å². The number of anilines is 2. The van der Waals surface area contributed by atoms with E-state index in [1.807, 2.05) is 0 Å². The molecule has 0 aliphatic heterocycles. The van der Waals surface area contributed by atoms with Crippen LogP contribution >= 0.6 is 0 Å². The van der Waals surface area contributed by atoms with E-state index in [1.54, 1.807) is 13.8 Å². The lowest BCUT2D eigenvalue weighted by Gasteiger charge is -2.04. The molecule has 7 nitrogen and oxygen atoms in total. The molecule has 0 aliphatic carbocycles. The fourth-order valence-corrected chi connectivity index (χ4v) is 1.14. The number of hydrogen-bond donors (Lipinski definition) is 3. The molecule has 1 aromatic rings. The quantitative estimate of drug-likeness (QED) is 0.501. The van der Waals surface area contributed by atoms with Crippen LogP contribution in [0.3, 0.4) is 0 Å². The summed E-state index contributed by atoms with van der Waals surface area (Å²) in [4.78, 5) is 22.4. The van der Waals surface area contributed by atoms with Crippen molar-refractivity contribution in [3.63, 3.8) is 0 Å². The summed E-state index contributed by atoms with van der Waals surface area (Å²) in [6.07, 6.45) is -0.335. The number of nitrogens with two attached hydrogens (primary N) is 1. The van der Waals surface area contributed by atoms with Crippen LogP contribution in [0.5, 0.6) is 0 Å². The van der Waals surface area contributed by atoms with Gasteiger partial charge < -0.3 is 15.8 Å². The lowest BCUT2D eigenvalue weighted by Crippen LogP contribution is -2.18. The number of amides is 1. The van der Waals surface area contributed by atoms with Gasteiger partial charge >= 0.3 is 5.97 Å². The van der Waals surface area contributed by atoms with Crippen molar-refractivity contribution in [1.29, 1.82) is 0 Å². The minimum Gasteiger partial charge on any atom is -0.466 e. The number of hydrogen-bond acceptors (Lipinski definition) is 5. The highest BCUT2D eigenvalue weighted by Gasteiger charge is 2.14. The molecule has 0 atom stereocenters. The molecule has 0 saturated carbocycles. The Hall–Kier alpha value is -2.05. The number of carbonyl (C=O) groups excluding carboxylic acids is 2. The lowest BCUT2D eigenvalue weighted by atomic mass is 10.3. The fourth-order valence-electron chi connectivity index (χ4n) is 1.14. The highest BCUT2D eigenvalue weighted by Crippen LogP contribution is 2.18. The van der Waals surface area contributed by atoms with Crippen LogP contribution in [0.2, 0.25) is 0 Å². The van der Waals surface area contributed by atoms with Gasteiger partial charge in [0.1, 0.15) is 17.9 Å². The topological polar surface area (TPSA) is 110 Å². The molecule has 0 aliphatic rings. The van der Waals surface area contributed by atoms with Gasteiger partial charge in [-0.05, 0) is 13.8 Å². The van der Waals surface area contributed by atoms with E-state index in [2.05, 4.69) is 20.3 Å². The SMILES string of the molecule is CCOC(=O)CC(=O)Nc1c(C)n[nH]c1N. The zero-order valence-corrected chi connectivity index (χ0v) is 9.16. The van der Waals surface area contributed by atoms with Crippen LogP contribution in [-0.4, -0.2) is 28.7 Å². The van der Waals surface area contributed by atoms with Gasteiger partial charge in [-0.15, -0.1) is 0 Å². The molecule has 1 amide bonds. The molecular formula is C9H14N4O3. The second-order valence-electron chi connectivity index (χ2n) is 3.13. The van der Waals surface area contributed by atoms with Crippen molar-refractivity contribution in [1.82, 2.24) is 10.2 Å². The smallest absolute Gasteiger partial charge is 0.315 e. The van der Waals surface area contributed by atoms with Gasteiger partial charge in [-0.2, -0.15) is 5.10 Å². The highest BCUT2D eigenvalue weighted by molar-refractivity contribution is 6.03. The van der Waals surface area contributed by atoms with E-state index in [0.717, 1.165) is 0 Å². The van der Waals surface area contributed by atoms with Gasteiger partial charge in [-0.25, -0.2) is 0 Å². The number of esters is 1. The predicted molar refractivity (Wildman–Crippen MR) is 57.6 cm³/mol. The van der Waals surface area contributed by atoms with Gasteiger partial charge in [0.25, 0.3) is 0 Å². The Morgan fingerprint density at radius 2 is 2.25 bits per heavy atom. The maximum atomic E-state index is 11.4. The van der Waals surface area contributed by atoms with Crippen LogP contribution in [0.1, 0.15) is 19.0 Å². The summed E-state index contributed by atoms with van der Waals surface area (Å²) in [5.74, 6) is -0.788. The summed E-state index contributed by atoms with van der Waals surface area (Å²) in [5, 5.41) is 8.81. The van der Waals surface area contributed by atoms with Crippen molar-refractivity contribution in [2.75, 3.05) is 17.7 Å². The number of aryl methyl sites for hydroxylation is 1. The van der Waals surface area contributed by atoms with Crippen molar-refractivity contribution >= 4 is 23.4 Å². The first-order valence-corrected chi connectivity index (χ1v) is 4.80.